The van der Waals surface area contributed by atoms with E-state index in [-0.39, 0.29) is 43.3 Å². The number of rotatable bonds is 4. The van der Waals surface area contributed by atoms with Gasteiger partial charge in [-0.25, -0.2) is 9.97 Å². The van der Waals surface area contributed by atoms with Gasteiger partial charge in [0, 0.05) is 44.3 Å². The summed E-state index contributed by atoms with van der Waals surface area (Å²) in [6.07, 6.45) is 8.99. The van der Waals surface area contributed by atoms with Gasteiger partial charge in [0.2, 0.25) is 0 Å². The maximum Gasteiger partial charge on any atom is 0.0738 e. The first-order chi connectivity index (χ1) is 36.6. The summed E-state index contributed by atoms with van der Waals surface area (Å²) in [6, 6.07) is 38.2. The molecule has 0 aliphatic carbocycles. The summed E-state index contributed by atoms with van der Waals surface area (Å²) in [5, 5.41) is 0. The van der Waals surface area contributed by atoms with E-state index in [0.717, 1.165) is 89.4 Å². The number of hydrogen-bond acceptors (Lipinski definition) is 2. The van der Waals surface area contributed by atoms with E-state index in [9.17, 15) is 0 Å². The number of benzene rings is 4. The van der Waals surface area contributed by atoms with Gasteiger partial charge in [-0.2, -0.15) is 0 Å². The van der Waals surface area contributed by atoms with Gasteiger partial charge < -0.3 is 9.97 Å². The molecule has 9 rings (SSSR count). The van der Waals surface area contributed by atoms with Gasteiger partial charge in [0.05, 0.1) is 22.8 Å². The normalized spacial score (nSPS) is 13.9. The van der Waals surface area contributed by atoms with Crippen LogP contribution in [0.25, 0.3) is 90.9 Å². The van der Waals surface area contributed by atoms with Crippen LogP contribution in [0.4, 0.5) is 0 Å². The van der Waals surface area contributed by atoms with Gasteiger partial charge in [-0.15, -0.1) is 0 Å². The quantitative estimate of drug-likeness (QED) is 0.185. The maximum atomic E-state index is 5.86. The van der Waals surface area contributed by atoms with Crippen LogP contribution < -0.4 is 0 Å². The van der Waals surface area contributed by atoms with Gasteiger partial charge in [-0.05, 0) is 159 Å². The van der Waals surface area contributed by atoms with E-state index >= 15 is 0 Å². The van der Waals surface area contributed by atoms with E-state index in [1.807, 2.05) is 0 Å². The van der Waals surface area contributed by atoms with Crippen molar-refractivity contribution in [1.82, 2.24) is 19.9 Å². The summed E-state index contributed by atoms with van der Waals surface area (Å²) in [5.74, 6) is 0. The Morgan fingerprint density at radius 2 is 0.400 bits per heavy atom. The molecular weight excluding hydrogens is 969 g/mol. The first kappa shape index (κ1) is 58.1. The molecule has 418 valence electrons. The van der Waals surface area contributed by atoms with Crippen LogP contribution in [-0.4, -0.2) is 19.9 Å². The number of H-pyrrole nitrogens is 2. The minimum Gasteiger partial charge on any atom is -0.354 e. The molecule has 0 fully saturated rings. The van der Waals surface area contributed by atoms with Gasteiger partial charge >= 0.3 is 0 Å². The second-order valence-electron chi connectivity index (χ2n) is 31.7. The van der Waals surface area contributed by atoms with E-state index in [1.54, 1.807) is 0 Å². The Morgan fingerprint density at radius 1 is 0.225 bits per heavy atom. The molecule has 5 heterocycles. The zero-order valence-electron chi connectivity index (χ0n) is 53.4. The second kappa shape index (κ2) is 19.6. The monoisotopic (exact) mass is 1060 g/mol. The first-order valence-corrected chi connectivity index (χ1v) is 29.5. The molecule has 2 aliphatic rings. The predicted molar refractivity (Wildman–Crippen MR) is 350 cm³/mol. The van der Waals surface area contributed by atoms with Crippen molar-refractivity contribution < 1.29 is 0 Å². The summed E-state index contributed by atoms with van der Waals surface area (Å²) in [6.45, 7) is 55.8. The number of aromatic amines is 2. The molecule has 0 unspecified atom stereocenters. The van der Waals surface area contributed by atoms with Crippen LogP contribution >= 0.6 is 0 Å². The second-order valence-corrected chi connectivity index (χ2v) is 31.7. The molecule has 0 amide bonds. The third-order valence-electron chi connectivity index (χ3n) is 16.6. The molecule has 2 aliphatic heterocycles. The molecule has 0 saturated carbocycles. The Hall–Kier alpha value is -6.52. The molecule has 8 bridgehead atoms. The lowest BCUT2D eigenvalue weighted by molar-refractivity contribution is 0.568. The molecule has 4 aromatic carbocycles. The number of fused-ring (bicyclic) bond motifs is 8. The van der Waals surface area contributed by atoms with Crippen molar-refractivity contribution in [3.05, 3.63) is 164 Å². The smallest absolute Gasteiger partial charge is 0.0738 e. The summed E-state index contributed by atoms with van der Waals surface area (Å²) >= 11 is 0. The van der Waals surface area contributed by atoms with E-state index in [1.165, 1.54) is 44.5 Å². The minimum absolute atomic E-state index is 0.0925. The zero-order valence-corrected chi connectivity index (χ0v) is 53.4. The maximum absolute atomic E-state index is 5.86. The zero-order chi connectivity index (χ0) is 58.8. The van der Waals surface area contributed by atoms with Gasteiger partial charge in [-0.3, -0.25) is 0 Å². The lowest BCUT2D eigenvalue weighted by Crippen LogP contribution is -2.16. The Kier molecular flexibility index (Phi) is 14.2. The van der Waals surface area contributed by atoms with Crippen molar-refractivity contribution in [3.63, 3.8) is 0 Å². The van der Waals surface area contributed by atoms with Crippen molar-refractivity contribution in [2.24, 2.45) is 0 Å². The van der Waals surface area contributed by atoms with E-state index < -0.39 is 0 Å². The highest BCUT2D eigenvalue weighted by Crippen LogP contribution is 2.45. The summed E-state index contributed by atoms with van der Waals surface area (Å²) < 4.78 is 0. The van der Waals surface area contributed by atoms with Crippen molar-refractivity contribution >= 4 is 46.4 Å². The highest BCUT2D eigenvalue weighted by Gasteiger charge is 2.29. The first-order valence-electron chi connectivity index (χ1n) is 29.5. The molecule has 3 aromatic heterocycles. The van der Waals surface area contributed by atoms with Crippen molar-refractivity contribution in [3.8, 4) is 44.5 Å². The van der Waals surface area contributed by atoms with Crippen LogP contribution in [0.1, 0.15) is 233 Å². The highest BCUT2D eigenvalue weighted by atomic mass is 14.8. The Morgan fingerprint density at radius 3 is 0.613 bits per heavy atom. The highest BCUT2D eigenvalue weighted by molar-refractivity contribution is 6.01. The lowest BCUT2D eigenvalue weighted by atomic mass is 9.78. The fourth-order valence-electron chi connectivity index (χ4n) is 11.0. The predicted octanol–water partition coefficient (Wildman–Crippen LogP) is 21.7. The fraction of sp³-hybridized carbons (Fsp3) is 0.421. The SMILES string of the molecule is CC(C)(C)c1cc(-c2c3nc(c(-c4cc(C(C)(C)C)cc(C(C)(C)C)c4)c4ccc([nH]4)c(-c4cc(C(C)(C)C)cc(C(C)(C)C)c4)c4ccc([nH]4)c(-c4cc(C(C)(C)C)cc(C(C)(C)C)c4)c4nc2C=C4)C=C3)cc(C(C)(C)C)c1. The molecule has 2 N–H and O–H groups in total. The van der Waals surface area contributed by atoms with Crippen molar-refractivity contribution in [1.29, 1.82) is 0 Å². The van der Waals surface area contributed by atoms with E-state index in [4.69, 9.17) is 9.97 Å². The van der Waals surface area contributed by atoms with Crippen LogP contribution in [0.3, 0.4) is 0 Å². The molecule has 0 spiro atoms. The Labute approximate surface area is 482 Å². The lowest BCUT2D eigenvalue weighted by Gasteiger charge is -2.26. The molecule has 4 heteroatoms. The molecule has 4 nitrogen and oxygen atoms in total. The van der Waals surface area contributed by atoms with E-state index in [2.05, 4.69) is 298 Å². The van der Waals surface area contributed by atoms with Gasteiger partial charge in [0.25, 0.3) is 0 Å². The standard InChI is InChI=1S/C76H94N4/c1-69(2,3)49-33-45(34-50(41-49)70(4,5)6)65-57-25-27-59(77-57)66(46-35-51(71(7,8)9)42-52(36-46)72(10,11)12)61-29-31-63(79-61)68(48-39-55(75(19,20)21)44-56(40-48)76(22,23)24)64-32-30-62(80-64)67(60-28-26-58(65)78-60)47-37-53(73(13,14)15)43-54(38-47)74(16,17)18/h25-44,77-78H,1-24H3. The molecule has 0 saturated heterocycles. The van der Waals surface area contributed by atoms with Crippen LogP contribution in [0.5, 0.6) is 0 Å². The topological polar surface area (TPSA) is 57.4 Å². The average molecular weight is 1060 g/mol. The number of nitrogens with zero attached hydrogens (tertiary/aromatic N) is 2. The van der Waals surface area contributed by atoms with Gasteiger partial charge in [0.15, 0.2) is 0 Å². The van der Waals surface area contributed by atoms with Crippen LogP contribution in [0.15, 0.2) is 97.1 Å². The van der Waals surface area contributed by atoms with Crippen LogP contribution in [0.2, 0.25) is 0 Å². The fourth-order valence-corrected chi connectivity index (χ4v) is 11.0. The summed E-state index contributed by atoms with van der Waals surface area (Å²) in [7, 11) is 0. The minimum atomic E-state index is -0.105. The van der Waals surface area contributed by atoms with Crippen molar-refractivity contribution in [2.45, 2.75) is 209 Å². The molecule has 0 radical (unpaired) electrons. The van der Waals surface area contributed by atoms with Crippen LogP contribution in [0, 0.1) is 0 Å². The van der Waals surface area contributed by atoms with Gasteiger partial charge in [-0.1, -0.05) is 239 Å². The third-order valence-corrected chi connectivity index (χ3v) is 16.6. The Balaban J connectivity index is 1.56. The molecule has 7 aromatic rings. The summed E-state index contributed by atoms with van der Waals surface area (Å²) in [4.78, 5) is 20.0. The van der Waals surface area contributed by atoms with Gasteiger partial charge in [0.1, 0.15) is 0 Å². The Bertz CT molecular complexity index is 3510. The molecule has 0 atom stereocenters. The average Bonchev–Trinajstić information content (AvgIpc) is 4.17. The number of hydrogen-bond donors (Lipinski definition) is 2. The molecular formula is C76H94N4. The van der Waals surface area contributed by atoms with E-state index in [0.29, 0.717) is 0 Å². The third kappa shape index (κ3) is 11.8. The number of nitrogens with one attached hydrogen (secondary N) is 2. The largest absolute Gasteiger partial charge is 0.354 e. The van der Waals surface area contributed by atoms with Crippen molar-refractivity contribution in [2.75, 3.05) is 0 Å². The van der Waals surface area contributed by atoms with Crippen LogP contribution in [-0.2, 0) is 43.3 Å². The summed E-state index contributed by atoms with van der Waals surface area (Å²) in [5.41, 5.74) is 26.1. The number of aromatic nitrogens is 4. The molecule has 80 heavy (non-hydrogen) atoms.